The number of rotatable bonds is 3. The summed E-state index contributed by atoms with van der Waals surface area (Å²) >= 11 is 0. The number of ether oxygens (including phenoxy) is 1. The first kappa shape index (κ1) is 28.2. The van der Waals surface area contributed by atoms with Crippen LogP contribution in [0.5, 0.6) is 5.75 Å². The number of hydrogen-bond acceptors (Lipinski definition) is 8. The van der Waals surface area contributed by atoms with Gasteiger partial charge in [0.05, 0.1) is 24.8 Å². The number of aryl methyl sites for hydroxylation is 1. The molecule has 0 unspecified atom stereocenters. The Balaban J connectivity index is 1.59. The van der Waals surface area contributed by atoms with Crippen molar-refractivity contribution in [2.45, 2.75) is 26.0 Å². The van der Waals surface area contributed by atoms with E-state index in [2.05, 4.69) is 31.1 Å². The molecule has 4 amide bonds. The zero-order valence-electron chi connectivity index (χ0n) is 22.1. The molecule has 0 radical (unpaired) electrons. The summed E-state index contributed by atoms with van der Waals surface area (Å²) in [6, 6.07) is 10.3. The molecule has 2 aromatic carbocycles. The second-order valence-electron chi connectivity index (χ2n) is 9.27. The van der Waals surface area contributed by atoms with Crippen molar-refractivity contribution in [2.75, 3.05) is 32.8 Å². The van der Waals surface area contributed by atoms with Gasteiger partial charge in [0, 0.05) is 24.2 Å². The van der Waals surface area contributed by atoms with Crippen LogP contribution in [0.3, 0.4) is 0 Å². The molecule has 40 heavy (non-hydrogen) atoms. The summed E-state index contributed by atoms with van der Waals surface area (Å²) in [5.74, 6) is -1.27. The number of nitrogens with one attached hydrogen (secondary N) is 4. The fourth-order valence-corrected chi connectivity index (χ4v) is 4.17. The van der Waals surface area contributed by atoms with E-state index < -0.39 is 35.8 Å². The third kappa shape index (κ3) is 6.80. The van der Waals surface area contributed by atoms with Crippen LogP contribution >= 0.6 is 0 Å². The first-order valence-electron chi connectivity index (χ1n) is 12.8. The molecule has 3 aromatic rings. The minimum atomic E-state index is -1.26. The number of amides is 4. The molecule has 210 valence electrons. The Labute approximate surface area is 230 Å². The summed E-state index contributed by atoms with van der Waals surface area (Å²) in [5, 5.41) is 24.7. The molecule has 0 saturated heterocycles. The first-order chi connectivity index (χ1) is 19.2. The van der Waals surface area contributed by atoms with Crippen molar-refractivity contribution in [3.05, 3.63) is 65.5 Å². The van der Waals surface area contributed by atoms with Crippen LogP contribution in [-0.4, -0.2) is 93.7 Å². The number of aliphatic hydroxyl groups is 1. The molecule has 0 aliphatic carbocycles. The molecule has 0 saturated carbocycles. The lowest BCUT2D eigenvalue weighted by atomic mass is 10.1. The van der Waals surface area contributed by atoms with Crippen molar-refractivity contribution in [2.24, 2.45) is 0 Å². The van der Waals surface area contributed by atoms with Crippen molar-refractivity contribution >= 4 is 23.6 Å². The number of H-pyrrole nitrogens is 1. The number of aliphatic hydroxyl groups excluding tert-OH is 1. The normalized spacial score (nSPS) is 18.0. The van der Waals surface area contributed by atoms with E-state index >= 15 is 0 Å². The van der Waals surface area contributed by atoms with Gasteiger partial charge in [-0.1, -0.05) is 24.3 Å². The van der Waals surface area contributed by atoms with Crippen LogP contribution in [-0.2, 0) is 9.59 Å². The largest absolute Gasteiger partial charge is 0.491 e. The molecule has 2 atom stereocenters. The molecule has 2 bridgehead atoms. The van der Waals surface area contributed by atoms with Crippen LogP contribution in [0.1, 0.15) is 33.2 Å². The van der Waals surface area contributed by atoms with Crippen LogP contribution in [0.25, 0.3) is 11.4 Å². The highest BCUT2D eigenvalue weighted by atomic mass is 16.5. The number of benzene rings is 2. The molecule has 2 heterocycles. The van der Waals surface area contributed by atoms with Gasteiger partial charge in [-0.15, -0.1) is 0 Å². The Bertz CT molecular complexity index is 1380. The van der Waals surface area contributed by atoms with Crippen LogP contribution in [0.4, 0.5) is 0 Å². The molecule has 0 spiro atoms. The number of carbonyl (C=O) groups excluding carboxylic acids is 4. The SMILES string of the molecule is Cc1ccc2cc1OCCNC(=O)CN(C(=O)c1ccccc1-c1ncn[nH]1)CCNC(=O)[C@H]([C@@H](C)O)NC2=O. The molecule has 1 aliphatic rings. The quantitative estimate of drug-likeness (QED) is 0.304. The van der Waals surface area contributed by atoms with Crippen molar-refractivity contribution in [1.29, 1.82) is 0 Å². The highest BCUT2D eigenvalue weighted by Gasteiger charge is 2.27. The maximum absolute atomic E-state index is 13.6. The van der Waals surface area contributed by atoms with Crippen molar-refractivity contribution in [3.63, 3.8) is 0 Å². The summed E-state index contributed by atoms with van der Waals surface area (Å²) in [4.78, 5) is 57.7. The van der Waals surface area contributed by atoms with Gasteiger partial charge in [-0.2, -0.15) is 5.10 Å². The van der Waals surface area contributed by atoms with E-state index in [4.69, 9.17) is 4.74 Å². The molecule has 1 aliphatic heterocycles. The Kier molecular flexibility index (Phi) is 9.07. The van der Waals surface area contributed by atoms with E-state index in [0.717, 1.165) is 5.56 Å². The predicted octanol–water partition coefficient (Wildman–Crippen LogP) is 0.0265. The minimum Gasteiger partial charge on any atom is -0.491 e. The maximum atomic E-state index is 13.6. The molecule has 0 fully saturated rings. The predicted molar refractivity (Wildman–Crippen MR) is 143 cm³/mol. The number of carbonyl (C=O) groups is 4. The Morgan fingerprint density at radius 2 is 1.93 bits per heavy atom. The molecule has 1 aromatic heterocycles. The molecule has 13 heteroatoms. The number of fused-ring (bicyclic) bond motifs is 2. The highest BCUT2D eigenvalue weighted by Crippen LogP contribution is 2.22. The van der Waals surface area contributed by atoms with Gasteiger partial charge >= 0.3 is 0 Å². The van der Waals surface area contributed by atoms with Gasteiger partial charge in [0.1, 0.15) is 24.7 Å². The monoisotopic (exact) mass is 549 g/mol. The van der Waals surface area contributed by atoms with Crippen LogP contribution in [0.15, 0.2) is 48.8 Å². The Morgan fingerprint density at radius 1 is 1.12 bits per heavy atom. The third-order valence-electron chi connectivity index (χ3n) is 6.31. The lowest BCUT2D eigenvalue weighted by molar-refractivity contribution is -0.125. The molecule has 5 N–H and O–H groups in total. The number of nitrogens with zero attached hydrogens (tertiary/aromatic N) is 3. The van der Waals surface area contributed by atoms with Gasteiger partial charge in [0.15, 0.2) is 5.82 Å². The summed E-state index contributed by atoms with van der Waals surface area (Å²) < 4.78 is 5.78. The Hall–Kier alpha value is -4.78. The zero-order chi connectivity index (χ0) is 28.6. The second kappa shape index (κ2) is 12.8. The van der Waals surface area contributed by atoms with E-state index in [-0.39, 0.29) is 43.9 Å². The van der Waals surface area contributed by atoms with Gasteiger partial charge in [-0.05, 0) is 37.6 Å². The summed E-state index contributed by atoms with van der Waals surface area (Å²) in [5.41, 5.74) is 1.80. The smallest absolute Gasteiger partial charge is 0.255 e. The minimum absolute atomic E-state index is 0.0281. The molecular weight excluding hydrogens is 518 g/mol. The molecule has 4 rings (SSSR count). The van der Waals surface area contributed by atoms with Gasteiger partial charge in [0.2, 0.25) is 11.8 Å². The van der Waals surface area contributed by atoms with Crippen LogP contribution < -0.4 is 20.7 Å². The molecular formula is C27H31N7O6. The number of aromatic amines is 1. The summed E-state index contributed by atoms with van der Waals surface area (Å²) in [6.45, 7) is 3.12. The van der Waals surface area contributed by atoms with Crippen LogP contribution in [0, 0.1) is 6.92 Å². The topological polar surface area (TPSA) is 179 Å². The summed E-state index contributed by atoms with van der Waals surface area (Å²) in [7, 11) is 0. The number of hydrogen-bond donors (Lipinski definition) is 5. The van der Waals surface area contributed by atoms with Gasteiger partial charge in [-0.25, -0.2) is 4.98 Å². The zero-order valence-corrected chi connectivity index (χ0v) is 22.1. The maximum Gasteiger partial charge on any atom is 0.255 e. The molecule has 13 nitrogen and oxygen atoms in total. The number of aromatic nitrogens is 3. The van der Waals surface area contributed by atoms with E-state index in [9.17, 15) is 24.3 Å². The average Bonchev–Trinajstić information content (AvgIpc) is 3.48. The van der Waals surface area contributed by atoms with E-state index in [1.807, 2.05) is 6.92 Å². The van der Waals surface area contributed by atoms with Gasteiger partial charge < -0.3 is 30.7 Å². The summed E-state index contributed by atoms with van der Waals surface area (Å²) in [6.07, 6.45) is 0.121. The van der Waals surface area contributed by atoms with Crippen molar-refractivity contribution in [3.8, 4) is 17.1 Å². The van der Waals surface area contributed by atoms with E-state index in [1.165, 1.54) is 24.2 Å². The Morgan fingerprint density at radius 3 is 2.67 bits per heavy atom. The van der Waals surface area contributed by atoms with Gasteiger partial charge in [0.25, 0.3) is 11.8 Å². The lowest BCUT2D eigenvalue weighted by Gasteiger charge is -2.25. The lowest BCUT2D eigenvalue weighted by Crippen LogP contribution is -2.53. The second-order valence-corrected chi connectivity index (χ2v) is 9.27. The van der Waals surface area contributed by atoms with E-state index in [0.29, 0.717) is 17.1 Å². The average molecular weight is 550 g/mol. The first-order valence-corrected chi connectivity index (χ1v) is 12.8. The fraction of sp³-hybridized carbons (Fsp3) is 0.333. The van der Waals surface area contributed by atoms with Gasteiger partial charge in [-0.3, -0.25) is 24.3 Å². The fourth-order valence-electron chi connectivity index (χ4n) is 4.17. The van der Waals surface area contributed by atoms with E-state index in [1.54, 1.807) is 36.4 Å². The highest BCUT2D eigenvalue weighted by molar-refractivity contribution is 6.01. The van der Waals surface area contributed by atoms with Crippen molar-refractivity contribution in [1.82, 2.24) is 36.0 Å². The standard InChI is InChI=1S/C27H31N7O6/c1-16-7-8-18-13-21(16)40-12-10-28-22(36)14-34(11-9-29-26(38)23(17(2)35)32-25(18)37)27(39)20-6-4-3-5-19(20)24-30-15-31-33-24/h3-8,13,15,17,23,35H,9-12,14H2,1-2H3,(H,28,36)(H,29,38)(H,32,37)(H,30,31,33)/t17-,23+/m1/s1. The third-order valence-corrected chi connectivity index (χ3v) is 6.31. The van der Waals surface area contributed by atoms with Crippen LogP contribution in [0.2, 0.25) is 0 Å². The van der Waals surface area contributed by atoms with Crippen molar-refractivity contribution < 1.29 is 29.0 Å².